The molecule has 1 heterocycles. The Morgan fingerprint density at radius 1 is 1.31 bits per heavy atom. The first-order valence-corrected chi connectivity index (χ1v) is 4.77. The third kappa shape index (κ3) is 1.30. The van der Waals surface area contributed by atoms with Gasteiger partial charge in [0.1, 0.15) is 11.9 Å². The molecule has 1 aliphatic heterocycles. The van der Waals surface area contributed by atoms with E-state index in [1.54, 1.807) is 12.1 Å². The van der Waals surface area contributed by atoms with Gasteiger partial charge in [0, 0.05) is 10.6 Å². The predicted octanol–water partition coefficient (Wildman–Crippen LogP) is 2.77. The van der Waals surface area contributed by atoms with Crippen molar-refractivity contribution in [2.75, 3.05) is 0 Å². The van der Waals surface area contributed by atoms with Gasteiger partial charge in [0.2, 0.25) is 0 Å². The first-order valence-electron chi connectivity index (χ1n) is 4.01. The summed E-state index contributed by atoms with van der Waals surface area (Å²) in [4.78, 5) is 0. The van der Waals surface area contributed by atoms with Crippen LogP contribution in [-0.4, -0.2) is 6.10 Å². The van der Waals surface area contributed by atoms with Crippen molar-refractivity contribution in [2.45, 2.75) is 19.1 Å². The van der Waals surface area contributed by atoms with E-state index < -0.39 is 0 Å². The van der Waals surface area contributed by atoms with Crippen molar-refractivity contribution in [1.29, 1.82) is 0 Å². The third-order valence-corrected chi connectivity index (χ3v) is 2.86. The number of rotatable bonds is 0. The first-order chi connectivity index (χ1) is 6.11. The molecule has 0 amide bonds. The molecule has 1 aromatic carbocycles. The molecule has 1 aliphatic rings. The van der Waals surface area contributed by atoms with Crippen molar-refractivity contribution in [3.8, 4) is 5.75 Å². The van der Waals surface area contributed by atoms with Crippen LogP contribution in [0.25, 0.3) is 0 Å². The number of halogens is 2. The van der Waals surface area contributed by atoms with Crippen LogP contribution in [0.3, 0.4) is 0 Å². The van der Waals surface area contributed by atoms with Crippen LogP contribution < -0.4 is 10.5 Å². The fourth-order valence-corrected chi connectivity index (χ4v) is 1.96. The van der Waals surface area contributed by atoms with Crippen LogP contribution >= 0.6 is 23.2 Å². The second-order valence-corrected chi connectivity index (χ2v) is 3.94. The van der Waals surface area contributed by atoms with Crippen LogP contribution in [0.4, 0.5) is 0 Å². The topological polar surface area (TPSA) is 35.2 Å². The zero-order valence-corrected chi connectivity index (χ0v) is 8.56. The quantitative estimate of drug-likeness (QED) is 0.726. The third-order valence-electron chi connectivity index (χ3n) is 2.24. The predicted molar refractivity (Wildman–Crippen MR) is 53.5 cm³/mol. The van der Waals surface area contributed by atoms with Gasteiger partial charge in [-0.1, -0.05) is 23.2 Å². The standard InChI is InChI=1S/C9H9Cl2NO/c1-4-8(12)7-5(10)2-3-6(11)9(7)13-4/h2-4,8H,12H2,1H3. The molecule has 2 rings (SSSR count). The van der Waals surface area contributed by atoms with E-state index in [1.807, 2.05) is 6.92 Å². The Hall–Kier alpha value is -0.440. The van der Waals surface area contributed by atoms with Gasteiger partial charge < -0.3 is 10.5 Å². The molecule has 0 fully saturated rings. The highest BCUT2D eigenvalue weighted by atomic mass is 35.5. The van der Waals surface area contributed by atoms with E-state index in [0.29, 0.717) is 15.8 Å². The Balaban J connectivity index is 2.61. The summed E-state index contributed by atoms with van der Waals surface area (Å²) in [6.07, 6.45) is -0.0626. The van der Waals surface area contributed by atoms with Crippen molar-refractivity contribution in [3.05, 3.63) is 27.7 Å². The number of ether oxygens (including phenoxy) is 1. The maximum atomic E-state index is 5.98. The Bertz CT molecular complexity index is 354. The van der Waals surface area contributed by atoms with Crippen molar-refractivity contribution >= 4 is 23.2 Å². The molecule has 0 saturated carbocycles. The molecule has 2 nitrogen and oxygen atoms in total. The lowest BCUT2D eigenvalue weighted by molar-refractivity contribution is 0.228. The van der Waals surface area contributed by atoms with Crippen LogP contribution in [0, 0.1) is 0 Å². The molecule has 0 spiro atoms. The van der Waals surface area contributed by atoms with Crippen LogP contribution in [0.1, 0.15) is 18.5 Å². The average Bonchev–Trinajstić information content (AvgIpc) is 2.38. The highest BCUT2D eigenvalue weighted by molar-refractivity contribution is 6.35. The summed E-state index contributed by atoms with van der Waals surface area (Å²) in [5.41, 5.74) is 6.71. The van der Waals surface area contributed by atoms with Crippen LogP contribution in [0.5, 0.6) is 5.75 Å². The molecule has 1 aromatic rings. The zero-order valence-electron chi connectivity index (χ0n) is 7.05. The highest BCUT2D eigenvalue weighted by Crippen LogP contribution is 2.44. The molecular weight excluding hydrogens is 209 g/mol. The summed E-state index contributed by atoms with van der Waals surface area (Å²) in [6, 6.07) is 3.28. The van der Waals surface area contributed by atoms with E-state index in [0.717, 1.165) is 5.56 Å². The van der Waals surface area contributed by atoms with Crippen molar-refractivity contribution < 1.29 is 4.74 Å². The molecule has 0 bridgehead atoms. The Morgan fingerprint density at radius 3 is 2.54 bits per heavy atom. The van der Waals surface area contributed by atoms with E-state index >= 15 is 0 Å². The minimum atomic E-state index is -0.179. The zero-order chi connectivity index (χ0) is 9.59. The maximum absolute atomic E-state index is 5.98. The molecule has 13 heavy (non-hydrogen) atoms. The van der Waals surface area contributed by atoms with Gasteiger partial charge in [0.25, 0.3) is 0 Å². The summed E-state index contributed by atoms with van der Waals surface area (Å²) >= 11 is 11.9. The molecule has 0 radical (unpaired) electrons. The number of fused-ring (bicyclic) bond motifs is 1. The Morgan fingerprint density at radius 2 is 1.92 bits per heavy atom. The van der Waals surface area contributed by atoms with Gasteiger partial charge in [-0.2, -0.15) is 0 Å². The lowest BCUT2D eigenvalue weighted by Gasteiger charge is -2.07. The second kappa shape index (κ2) is 3.05. The minimum absolute atomic E-state index is 0.0626. The summed E-state index contributed by atoms with van der Waals surface area (Å²) in [6.45, 7) is 1.90. The molecule has 70 valence electrons. The van der Waals surface area contributed by atoms with Crippen LogP contribution in [-0.2, 0) is 0 Å². The van der Waals surface area contributed by atoms with Crippen LogP contribution in [0.15, 0.2) is 12.1 Å². The smallest absolute Gasteiger partial charge is 0.144 e. The number of nitrogens with two attached hydrogens (primary N) is 1. The van der Waals surface area contributed by atoms with E-state index in [4.69, 9.17) is 33.7 Å². The molecule has 0 aliphatic carbocycles. The Kier molecular flexibility index (Phi) is 2.14. The van der Waals surface area contributed by atoms with Gasteiger partial charge in [-0.3, -0.25) is 0 Å². The lowest BCUT2D eigenvalue weighted by atomic mass is 10.1. The highest BCUT2D eigenvalue weighted by Gasteiger charge is 2.31. The van der Waals surface area contributed by atoms with Crippen molar-refractivity contribution in [2.24, 2.45) is 5.73 Å². The van der Waals surface area contributed by atoms with E-state index in [2.05, 4.69) is 0 Å². The molecule has 2 N–H and O–H groups in total. The van der Waals surface area contributed by atoms with Crippen LogP contribution in [0.2, 0.25) is 10.0 Å². The minimum Gasteiger partial charge on any atom is -0.487 e. The maximum Gasteiger partial charge on any atom is 0.144 e. The average molecular weight is 218 g/mol. The molecule has 0 saturated heterocycles. The fourth-order valence-electron chi connectivity index (χ4n) is 1.47. The monoisotopic (exact) mass is 217 g/mol. The fraction of sp³-hybridized carbons (Fsp3) is 0.333. The molecule has 0 aromatic heterocycles. The van der Waals surface area contributed by atoms with Crippen molar-refractivity contribution in [3.63, 3.8) is 0 Å². The molecule has 2 unspecified atom stereocenters. The van der Waals surface area contributed by atoms with Crippen molar-refractivity contribution in [1.82, 2.24) is 0 Å². The van der Waals surface area contributed by atoms with Gasteiger partial charge in [0.05, 0.1) is 11.1 Å². The van der Waals surface area contributed by atoms with Gasteiger partial charge in [-0.25, -0.2) is 0 Å². The number of hydrogen-bond donors (Lipinski definition) is 1. The number of benzene rings is 1. The number of hydrogen-bond acceptors (Lipinski definition) is 2. The summed E-state index contributed by atoms with van der Waals surface area (Å²) in [5, 5.41) is 1.19. The van der Waals surface area contributed by atoms with E-state index in [1.165, 1.54) is 0 Å². The molecular formula is C9H9Cl2NO. The van der Waals surface area contributed by atoms with Gasteiger partial charge in [0.15, 0.2) is 0 Å². The van der Waals surface area contributed by atoms with E-state index in [-0.39, 0.29) is 12.1 Å². The summed E-state index contributed by atoms with van der Waals surface area (Å²) in [7, 11) is 0. The first kappa shape index (κ1) is 9.13. The second-order valence-electron chi connectivity index (χ2n) is 3.12. The summed E-state index contributed by atoms with van der Waals surface area (Å²) < 4.78 is 5.49. The van der Waals surface area contributed by atoms with Gasteiger partial charge >= 0.3 is 0 Å². The summed E-state index contributed by atoms with van der Waals surface area (Å²) in [5.74, 6) is 0.633. The SMILES string of the molecule is CC1Oc2c(Cl)ccc(Cl)c2C1N. The largest absolute Gasteiger partial charge is 0.487 e. The molecule has 2 atom stereocenters. The molecule has 4 heteroatoms. The normalized spacial score (nSPS) is 25.5. The van der Waals surface area contributed by atoms with E-state index in [9.17, 15) is 0 Å². The van der Waals surface area contributed by atoms with Gasteiger partial charge in [-0.15, -0.1) is 0 Å². The van der Waals surface area contributed by atoms with Gasteiger partial charge in [-0.05, 0) is 19.1 Å². The Labute approximate surface area is 86.6 Å². The lowest BCUT2D eigenvalue weighted by Crippen LogP contribution is -2.21.